The van der Waals surface area contributed by atoms with Gasteiger partial charge in [0.25, 0.3) is 0 Å². The summed E-state index contributed by atoms with van der Waals surface area (Å²) in [7, 11) is 0. The SMILES string of the molecule is Cc1nc(C(C)N[C@H](C)c2ccc(Cl)cc2)c(C)s1. The number of rotatable bonds is 4. The quantitative estimate of drug-likeness (QED) is 0.874. The Labute approximate surface area is 123 Å². The number of aryl methyl sites for hydroxylation is 2. The molecule has 2 nitrogen and oxygen atoms in total. The van der Waals surface area contributed by atoms with Crippen molar-refractivity contribution in [3.63, 3.8) is 0 Å². The zero-order chi connectivity index (χ0) is 14.0. The van der Waals surface area contributed by atoms with Crippen molar-refractivity contribution in [2.75, 3.05) is 0 Å². The fourth-order valence-electron chi connectivity index (χ4n) is 2.25. The predicted octanol–water partition coefficient (Wildman–Crippen LogP) is 4.83. The molecule has 0 aliphatic carbocycles. The molecule has 1 heterocycles. The normalized spacial score (nSPS) is 14.4. The van der Waals surface area contributed by atoms with Crippen molar-refractivity contribution >= 4 is 22.9 Å². The molecule has 1 unspecified atom stereocenters. The molecule has 4 heteroatoms. The Kier molecular flexibility index (Phi) is 4.61. The van der Waals surface area contributed by atoms with Crippen LogP contribution in [0.25, 0.3) is 0 Å². The maximum atomic E-state index is 5.91. The van der Waals surface area contributed by atoms with E-state index in [1.165, 1.54) is 10.4 Å². The number of halogens is 1. The first-order valence-corrected chi connectivity index (χ1v) is 7.62. The van der Waals surface area contributed by atoms with Crippen LogP contribution in [0.2, 0.25) is 5.02 Å². The van der Waals surface area contributed by atoms with Gasteiger partial charge in [0.1, 0.15) is 0 Å². The van der Waals surface area contributed by atoms with Gasteiger partial charge in [0, 0.05) is 22.0 Å². The number of hydrogen-bond donors (Lipinski definition) is 1. The Hall–Kier alpha value is -0.900. The zero-order valence-electron chi connectivity index (χ0n) is 11.7. The Morgan fingerprint density at radius 2 is 1.74 bits per heavy atom. The lowest BCUT2D eigenvalue weighted by Gasteiger charge is -2.20. The summed E-state index contributed by atoms with van der Waals surface area (Å²) in [6, 6.07) is 8.50. The lowest BCUT2D eigenvalue weighted by Crippen LogP contribution is -2.23. The Bertz CT molecular complexity index is 548. The van der Waals surface area contributed by atoms with Gasteiger partial charge in [0.2, 0.25) is 0 Å². The number of benzene rings is 1. The molecule has 0 aliphatic heterocycles. The second-order valence-corrected chi connectivity index (χ2v) is 6.68. The lowest BCUT2D eigenvalue weighted by atomic mass is 10.1. The van der Waals surface area contributed by atoms with Crippen LogP contribution in [0.5, 0.6) is 0 Å². The van der Waals surface area contributed by atoms with E-state index in [-0.39, 0.29) is 12.1 Å². The van der Waals surface area contributed by atoms with Crippen LogP contribution in [-0.4, -0.2) is 4.98 Å². The molecule has 0 aliphatic rings. The minimum Gasteiger partial charge on any atom is -0.302 e. The van der Waals surface area contributed by atoms with Crippen LogP contribution in [0.1, 0.15) is 47.1 Å². The van der Waals surface area contributed by atoms with E-state index in [0.29, 0.717) is 0 Å². The molecule has 0 bridgehead atoms. The smallest absolute Gasteiger partial charge is 0.0900 e. The van der Waals surface area contributed by atoms with Crippen LogP contribution in [0.15, 0.2) is 24.3 Å². The van der Waals surface area contributed by atoms with Crippen LogP contribution in [0.4, 0.5) is 0 Å². The van der Waals surface area contributed by atoms with Crippen molar-refractivity contribution in [2.24, 2.45) is 0 Å². The molecule has 102 valence electrons. The van der Waals surface area contributed by atoms with Gasteiger partial charge < -0.3 is 5.32 Å². The zero-order valence-corrected chi connectivity index (χ0v) is 13.3. The molecule has 1 aromatic heterocycles. The van der Waals surface area contributed by atoms with E-state index < -0.39 is 0 Å². The van der Waals surface area contributed by atoms with Crippen molar-refractivity contribution in [3.8, 4) is 0 Å². The third kappa shape index (κ3) is 3.56. The van der Waals surface area contributed by atoms with Gasteiger partial charge in [-0.2, -0.15) is 0 Å². The van der Waals surface area contributed by atoms with E-state index in [2.05, 4.69) is 50.1 Å². The van der Waals surface area contributed by atoms with Crippen molar-refractivity contribution in [2.45, 2.75) is 39.8 Å². The van der Waals surface area contributed by atoms with E-state index in [4.69, 9.17) is 11.6 Å². The van der Waals surface area contributed by atoms with E-state index in [9.17, 15) is 0 Å². The molecule has 1 aromatic carbocycles. The molecule has 2 rings (SSSR count). The van der Waals surface area contributed by atoms with Crippen LogP contribution in [-0.2, 0) is 0 Å². The van der Waals surface area contributed by atoms with Gasteiger partial charge in [0.05, 0.1) is 10.7 Å². The molecule has 0 spiro atoms. The number of aromatic nitrogens is 1. The highest BCUT2D eigenvalue weighted by molar-refractivity contribution is 7.11. The molecule has 19 heavy (non-hydrogen) atoms. The summed E-state index contributed by atoms with van der Waals surface area (Å²) in [6.45, 7) is 8.50. The second-order valence-electron chi connectivity index (χ2n) is 4.84. The topological polar surface area (TPSA) is 24.9 Å². The Morgan fingerprint density at radius 3 is 2.26 bits per heavy atom. The van der Waals surface area contributed by atoms with Crippen molar-refractivity contribution in [3.05, 3.63) is 50.4 Å². The van der Waals surface area contributed by atoms with Gasteiger partial charge in [-0.15, -0.1) is 11.3 Å². The average molecular weight is 295 g/mol. The Balaban J connectivity index is 2.08. The van der Waals surface area contributed by atoms with E-state index in [1.807, 2.05) is 12.1 Å². The fraction of sp³-hybridized carbons (Fsp3) is 0.400. The summed E-state index contributed by atoms with van der Waals surface area (Å²) in [5, 5.41) is 5.49. The molecular formula is C15H19ClN2S. The summed E-state index contributed by atoms with van der Waals surface area (Å²) in [4.78, 5) is 5.90. The van der Waals surface area contributed by atoms with Crippen molar-refractivity contribution < 1.29 is 0 Å². The minimum absolute atomic E-state index is 0.246. The largest absolute Gasteiger partial charge is 0.302 e. The molecule has 2 atom stereocenters. The monoisotopic (exact) mass is 294 g/mol. The highest BCUT2D eigenvalue weighted by Gasteiger charge is 2.16. The maximum Gasteiger partial charge on any atom is 0.0900 e. The standard InChI is InChI=1S/C15H19ClN2S/c1-9(13-5-7-14(16)8-6-13)17-10(2)15-11(3)19-12(4)18-15/h5-10,17H,1-4H3/t9-,10?/m1/s1. The van der Waals surface area contributed by atoms with Gasteiger partial charge in [-0.3, -0.25) is 0 Å². The second kappa shape index (κ2) is 6.04. The van der Waals surface area contributed by atoms with Crippen molar-refractivity contribution in [1.82, 2.24) is 10.3 Å². The van der Waals surface area contributed by atoms with Crippen LogP contribution in [0, 0.1) is 13.8 Å². The van der Waals surface area contributed by atoms with E-state index >= 15 is 0 Å². The number of hydrogen-bond acceptors (Lipinski definition) is 3. The molecule has 0 saturated heterocycles. The lowest BCUT2D eigenvalue weighted by molar-refractivity contribution is 0.486. The third-order valence-electron chi connectivity index (χ3n) is 3.22. The van der Waals surface area contributed by atoms with Gasteiger partial charge in [-0.05, 0) is 45.4 Å². The first kappa shape index (κ1) is 14.5. The highest BCUT2D eigenvalue weighted by Crippen LogP contribution is 2.25. The fourth-order valence-corrected chi connectivity index (χ4v) is 3.29. The summed E-state index contributed by atoms with van der Waals surface area (Å²) in [5.74, 6) is 0. The molecule has 0 fully saturated rings. The van der Waals surface area contributed by atoms with Crippen LogP contribution in [0.3, 0.4) is 0 Å². The molecule has 0 amide bonds. The molecule has 0 radical (unpaired) electrons. The van der Waals surface area contributed by atoms with Crippen LogP contribution < -0.4 is 5.32 Å². The number of thiazole rings is 1. The molecule has 1 N–H and O–H groups in total. The van der Waals surface area contributed by atoms with Crippen LogP contribution >= 0.6 is 22.9 Å². The average Bonchev–Trinajstić information content (AvgIpc) is 2.69. The maximum absolute atomic E-state index is 5.91. The summed E-state index contributed by atoms with van der Waals surface area (Å²) in [5.41, 5.74) is 2.39. The number of nitrogens with zero attached hydrogens (tertiary/aromatic N) is 1. The van der Waals surface area contributed by atoms with Gasteiger partial charge in [-0.25, -0.2) is 4.98 Å². The van der Waals surface area contributed by atoms with E-state index in [0.717, 1.165) is 15.7 Å². The van der Waals surface area contributed by atoms with Gasteiger partial charge in [0.15, 0.2) is 0 Å². The van der Waals surface area contributed by atoms with Crippen molar-refractivity contribution in [1.29, 1.82) is 0 Å². The Morgan fingerprint density at radius 1 is 1.11 bits per heavy atom. The van der Waals surface area contributed by atoms with Gasteiger partial charge in [-0.1, -0.05) is 23.7 Å². The first-order chi connectivity index (χ1) is 8.97. The summed E-state index contributed by atoms with van der Waals surface area (Å²) >= 11 is 7.67. The third-order valence-corrected chi connectivity index (χ3v) is 4.37. The van der Waals surface area contributed by atoms with Gasteiger partial charge >= 0.3 is 0 Å². The van der Waals surface area contributed by atoms with E-state index in [1.54, 1.807) is 11.3 Å². The highest BCUT2D eigenvalue weighted by atomic mass is 35.5. The molecule has 2 aromatic rings. The summed E-state index contributed by atoms with van der Waals surface area (Å²) in [6.07, 6.45) is 0. The number of nitrogens with one attached hydrogen (secondary N) is 1. The minimum atomic E-state index is 0.246. The molecule has 0 saturated carbocycles. The predicted molar refractivity (Wildman–Crippen MR) is 83.0 cm³/mol. The first-order valence-electron chi connectivity index (χ1n) is 6.43. The molecular weight excluding hydrogens is 276 g/mol. The summed E-state index contributed by atoms with van der Waals surface area (Å²) < 4.78 is 0.